The van der Waals surface area contributed by atoms with Gasteiger partial charge in [0, 0.05) is 31.0 Å². The molecule has 41 nitrogen and oxygen atoms in total. The molecule has 0 aromatic carbocycles. The Labute approximate surface area is 695 Å². The zero-order valence-electron chi connectivity index (χ0n) is 73.8. The zero-order valence-corrected chi connectivity index (χ0v) is 73.8. The SMILES string of the molecule is CC.CC.CC.CC.CC.CC.CC.CC.CC.CCOC(=O)c1cc(N)cnn1.CCOC(=O)c1ccc(N)nn1.CCOC(=O)c1ccnc(N)n1.CCOC(=O)c1cnc(N)cn1.CCOC(=O)c1cnc(N)nc1.CCOC(=O)c1ncc(N)cn1.CCOC(=O)c1nccc(N)n1.Cc1cncc(N)n1.Cc1cnnc(N)c1. The van der Waals surface area contributed by atoms with Crippen molar-refractivity contribution < 1.29 is 66.7 Å². The Balaban J connectivity index is -0.000000158. The highest BCUT2D eigenvalue weighted by atomic mass is 16.6. The highest BCUT2D eigenvalue weighted by Gasteiger charge is 2.13. The minimum Gasteiger partial charge on any atom is -0.462 e. The molecule has 9 rings (SSSR count). The summed E-state index contributed by atoms with van der Waals surface area (Å²) in [5.41, 5.74) is 51.3. The van der Waals surface area contributed by atoms with E-state index < -0.39 is 41.8 Å². The van der Waals surface area contributed by atoms with Crippen LogP contribution in [0.25, 0.3) is 0 Å². The van der Waals surface area contributed by atoms with Crippen molar-refractivity contribution in [1.82, 2.24) is 90.4 Å². The molecule has 9 aromatic heterocycles. The van der Waals surface area contributed by atoms with Gasteiger partial charge in [-0.3, -0.25) is 4.98 Å². The first-order valence-corrected chi connectivity index (χ1v) is 38.1. The summed E-state index contributed by atoms with van der Waals surface area (Å²) in [6, 6.07) is 9.12. The van der Waals surface area contributed by atoms with Crippen LogP contribution >= 0.6 is 0 Å². The molecule has 0 aliphatic carbocycles. The van der Waals surface area contributed by atoms with E-state index in [0.29, 0.717) is 74.8 Å². The van der Waals surface area contributed by atoms with Crippen LogP contribution in [0, 0.1) is 13.8 Å². The van der Waals surface area contributed by atoms with E-state index in [-0.39, 0.29) is 63.8 Å². The maximum atomic E-state index is 11.0. The second-order valence-corrected chi connectivity index (χ2v) is 17.6. The van der Waals surface area contributed by atoms with Crippen molar-refractivity contribution in [1.29, 1.82) is 0 Å². The number of esters is 7. The molecule has 41 heteroatoms. The van der Waals surface area contributed by atoms with E-state index in [2.05, 4.69) is 114 Å². The quantitative estimate of drug-likeness (QED) is 0.0361. The average molecular weight is 1660 g/mol. The fourth-order valence-corrected chi connectivity index (χ4v) is 5.62. The van der Waals surface area contributed by atoms with Crippen LogP contribution in [0.15, 0.2) is 111 Å². The highest BCUT2D eigenvalue weighted by Crippen LogP contribution is 2.06. The first kappa shape index (κ1) is 122. The van der Waals surface area contributed by atoms with Gasteiger partial charge >= 0.3 is 41.8 Å². The molecule has 0 spiro atoms. The van der Waals surface area contributed by atoms with Crippen LogP contribution in [0.4, 0.5) is 52.4 Å². The van der Waals surface area contributed by atoms with E-state index in [4.69, 9.17) is 61.1 Å². The van der Waals surface area contributed by atoms with Crippen LogP contribution in [0.5, 0.6) is 0 Å². The Kier molecular flexibility index (Phi) is 90.5. The van der Waals surface area contributed by atoms with Gasteiger partial charge in [-0.1, -0.05) is 125 Å². The lowest BCUT2D eigenvalue weighted by atomic mass is 10.3. The van der Waals surface area contributed by atoms with Gasteiger partial charge in [0.1, 0.15) is 29.1 Å². The molecule has 118 heavy (non-hydrogen) atoms. The fourth-order valence-electron chi connectivity index (χ4n) is 5.62. The number of anilines is 9. The number of nitrogens with two attached hydrogens (primary N) is 9. The average Bonchev–Trinajstić information content (AvgIpc) is 0.917. The van der Waals surface area contributed by atoms with Crippen molar-refractivity contribution in [3.63, 3.8) is 0 Å². The van der Waals surface area contributed by atoms with Gasteiger partial charge in [-0.2, -0.15) is 10.2 Å². The van der Waals surface area contributed by atoms with E-state index in [1.807, 2.05) is 138 Å². The third kappa shape index (κ3) is 66.8. The second kappa shape index (κ2) is 87.2. The van der Waals surface area contributed by atoms with E-state index in [0.717, 1.165) is 11.3 Å². The largest absolute Gasteiger partial charge is 0.462 e. The maximum absolute atomic E-state index is 11.0. The number of aromatic nitrogens is 18. The molecule has 0 unspecified atom stereocenters. The van der Waals surface area contributed by atoms with E-state index in [9.17, 15) is 33.6 Å². The van der Waals surface area contributed by atoms with Crippen LogP contribution in [0.3, 0.4) is 0 Å². The predicted octanol–water partition coefficient (Wildman–Crippen LogP) is 11.6. The summed E-state index contributed by atoms with van der Waals surface area (Å²) in [5.74, 6) is -1.45. The summed E-state index contributed by atoms with van der Waals surface area (Å²) < 4.78 is 32.8. The summed E-state index contributed by atoms with van der Waals surface area (Å²) in [7, 11) is 0. The zero-order chi connectivity index (χ0) is 92.8. The molecule has 18 N–H and O–H groups in total. The van der Waals surface area contributed by atoms with Gasteiger partial charge in [0.25, 0.3) is 0 Å². The van der Waals surface area contributed by atoms with Crippen molar-refractivity contribution >= 4 is 94.1 Å². The van der Waals surface area contributed by atoms with Crippen molar-refractivity contribution in [2.24, 2.45) is 0 Å². The summed E-state index contributed by atoms with van der Waals surface area (Å²) in [6.07, 6.45) is 17.0. The Hall–Kier alpha value is -13.8. The maximum Gasteiger partial charge on any atom is 0.376 e. The lowest BCUT2D eigenvalue weighted by Crippen LogP contribution is -2.10. The number of aryl methyl sites for hydroxylation is 2. The van der Waals surface area contributed by atoms with Crippen LogP contribution in [0.2, 0.25) is 0 Å². The summed E-state index contributed by atoms with van der Waals surface area (Å²) in [5, 5.41) is 21.3. The van der Waals surface area contributed by atoms with E-state index >= 15 is 0 Å². The Morgan fingerprint density at radius 2 is 0.737 bits per heavy atom. The van der Waals surface area contributed by atoms with Crippen molar-refractivity contribution in [2.75, 3.05) is 97.9 Å². The second-order valence-electron chi connectivity index (χ2n) is 17.6. The number of rotatable bonds is 14. The number of hydrogen-bond acceptors (Lipinski definition) is 41. The van der Waals surface area contributed by atoms with Gasteiger partial charge in [-0.25, -0.2) is 88.4 Å². The van der Waals surface area contributed by atoms with Gasteiger partial charge in [0.05, 0.1) is 112 Å². The van der Waals surface area contributed by atoms with E-state index in [1.165, 1.54) is 92.3 Å². The topological polar surface area (TPSA) is 650 Å². The smallest absolute Gasteiger partial charge is 0.376 e. The molecule has 0 bridgehead atoms. The molecule has 0 saturated carbocycles. The highest BCUT2D eigenvalue weighted by molar-refractivity contribution is 5.90. The summed E-state index contributed by atoms with van der Waals surface area (Å²) >= 11 is 0. The number of ether oxygens (including phenoxy) is 7. The van der Waals surface area contributed by atoms with Gasteiger partial charge < -0.3 is 84.8 Å². The van der Waals surface area contributed by atoms with Gasteiger partial charge in [-0.05, 0) is 104 Å². The van der Waals surface area contributed by atoms with Crippen molar-refractivity contribution in [3.8, 4) is 0 Å². The number of hydrogen-bond donors (Lipinski definition) is 9. The normalized spacial score (nSPS) is 8.40. The molecule has 658 valence electrons. The molecule has 0 aliphatic rings. The third-order valence-electron chi connectivity index (χ3n) is 9.68. The molecular formula is C77H131N27O14. The van der Waals surface area contributed by atoms with Crippen LogP contribution in [-0.2, 0) is 33.2 Å². The molecule has 0 amide bonds. The molecule has 0 aliphatic heterocycles. The monoisotopic (exact) mass is 1660 g/mol. The molecule has 0 fully saturated rings. The Bertz CT molecular complexity index is 3460. The summed E-state index contributed by atoms with van der Waals surface area (Å²) in [6.45, 7) is 54.1. The molecule has 0 saturated heterocycles. The van der Waals surface area contributed by atoms with Crippen LogP contribution < -0.4 is 51.6 Å². The molecular weight excluding hydrogens is 1530 g/mol. The summed E-state index contributed by atoms with van der Waals surface area (Å²) in [4.78, 5) is 121. The first-order valence-electron chi connectivity index (χ1n) is 38.1. The minimum absolute atomic E-state index is 0.00292. The lowest BCUT2D eigenvalue weighted by molar-refractivity contribution is 0.0503. The van der Waals surface area contributed by atoms with Crippen LogP contribution in [-0.4, -0.2) is 178 Å². The van der Waals surface area contributed by atoms with E-state index in [1.54, 1.807) is 66.9 Å². The fraction of sp³-hybridized carbons (Fsp3) is 0.442. The standard InChI is InChI=1S/7C7H9N3O2.2C5H7N3.9C2H6/c1-2-12-7(11)5-3-10-6(8)4-9-5;1-2-12-7(11)6-9-3-5(8)4-10-6;1-2-12-6(11)5-3-9-7(8)10-4-5;1-2-12-7(11)6-3-5(8)4-9-10-6;1-2-12-7(11)6-9-4-3-5(8)10-6;1-2-12-6(11)5-3-4-9-7(8)10-5;1-2-12-7(11)5-3-4-6(8)10-9-5;1-4-2-7-3-5(6)8-4;1-4-2-5(6)8-7-3-4;9*1-2/h3-4H,2H2,1H3,(H2,8,10);3-4H,2,8H2,1H3;3-4H,2H2,1H3,(H2,8,9,10);3-4H,2H2,1H3,(H2,8,10);2*3-4H,2H2,1H3,(H2,8,9,10);3-4H,2H2,1H3,(H2,8,10);2*2-3H,1H3,(H2,6,8);9*1-2H3. The Morgan fingerprint density at radius 1 is 0.288 bits per heavy atom. The lowest BCUT2D eigenvalue weighted by Gasteiger charge is -1.99. The predicted molar refractivity (Wildman–Crippen MR) is 461 cm³/mol. The van der Waals surface area contributed by atoms with Gasteiger partial charge in [0.15, 0.2) is 22.8 Å². The first-order chi connectivity index (χ1) is 56.7. The minimum atomic E-state index is -0.551. The van der Waals surface area contributed by atoms with Crippen LogP contribution in [0.1, 0.15) is 258 Å². The van der Waals surface area contributed by atoms with Gasteiger partial charge in [-0.15, -0.1) is 20.4 Å². The number of carbonyl (C=O) groups is 7. The molecule has 9 aromatic rings. The Morgan fingerprint density at radius 3 is 1.14 bits per heavy atom. The number of nitrogens with zero attached hydrogens (tertiary/aromatic N) is 18. The number of carbonyl (C=O) groups excluding carboxylic acids is 7. The molecule has 0 atom stereocenters. The molecule has 0 radical (unpaired) electrons. The van der Waals surface area contributed by atoms with Crippen molar-refractivity contribution in [3.05, 3.63) is 162 Å². The van der Waals surface area contributed by atoms with Gasteiger partial charge in [0.2, 0.25) is 23.5 Å². The molecule has 9 heterocycles. The number of nitrogen functional groups attached to an aromatic ring is 9. The van der Waals surface area contributed by atoms with Crippen molar-refractivity contribution in [2.45, 2.75) is 187 Å². The third-order valence-corrected chi connectivity index (χ3v) is 9.68.